The number of nitrogens with zero attached hydrogens (tertiary/aromatic N) is 2. The zero-order valence-corrected chi connectivity index (χ0v) is 13.2. The molecule has 0 amide bonds. The Morgan fingerprint density at radius 1 is 1.36 bits per heavy atom. The van der Waals surface area contributed by atoms with Crippen LogP contribution in [0.2, 0.25) is 0 Å². The lowest BCUT2D eigenvalue weighted by atomic mass is 10.1. The number of aromatic amines is 1. The van der Waals surface area contributed by atoms with Crippen molar-refractivity contribution in [3.63, 3.8) is 0 Å². The highest BCUT2D eigenvalue weighted by atomic mass is 32.2. The van der Waals surface area contributed by atoms with Gasteiger partial charge in [0, 0.05) is 11.4 Å². The van der Waals surface area contributed by atoms with Crippen molar-refractivity contribution in [2.45, 2.75) is 25.8 Å². The standard InChI is InChI=1S/C13H16N4O4S/c1-4-21-13(18)9-5-7(2)15-10(6-9)11-8(3)16-17-12(11)22(14,19)20/h5-6H,4H2,1-3H3,(H,16,17)(H2,14,19,20). The summed E-state index contributed by atoms with van der Waals surface area (Å²) < 4.78 is 28.2. The molecule has 2 rings (SSSR count). The van der Waals surface area contributed by atoms with Crippen LogP contribution in [0.3, 0.4) is 0 Å². The molecule has 0 aromatic carbocycles. The summed E-state index contributed by atoms with van der Waals surface area (Å²) in [7, 11) is -4.02. The van der Waals surface area contributed by atoms with Crippen molar-refractivity contribution >= 4 is 16.0 Å². The fourth-order valence-electron chi connectivity index (χ4n) is 2.04. The maximum atomic E-state index is 11.9. The number of carbonyl (C=O) groups is 1. The maximum Gasteiger partial charge on any atom is 0.338 e. The Morgan fingerprint density at radius 3 is 2.64 bits per heavy atom. The minimum absolute atomic E-state index is 0.239. The van der Waals surface area contributed by atoms with Gasteiger partial charge in [0.1, 0.15) is 0 Å². The normalized spacial score (nSPS) is 11.5. The number of carbonyl (C=O) groups excluding carboxylic acids is 1. The van der Waals surface area contributed by atoms with Crippen molar-refractivity contribution in [1.82, 2.24) is 15.2 Å². The molecule has 0 saturated carbocycles. The van der Waals surface area contributed by atoms with E-state index in [0.29, 0.717) is 17.1 Å². The number of H-pyrrole nitrogens is 1. The van der Waals surface area contributed by atoms with Crippen molar-refractivity contribution in [3.8, 4) is 11.3 Å². The van der Waals surface area contributed by atoms with Crippen molar-refractivity contribution in [2.75, 3.05) is 6.61 Å². The lowest BCUT2D eigenvalue weighted by Crippen LogP contribution is -2.14. The number of rotatable bonds is 4. The Labute approximate surface area is 127 Å². The van der Waals surface area contributed by atoms with Gasteiger partial charge in [-0.05, 0) is 32.9 Å². The molecule has 0 aliphatic rings. The fraction of sp³-hybridized carbons (Fsp3) is 0.308. The fourth-order valence-corrected chi connectivity index (χ4v) is 2.76. The summed E-state index contributed by atoms with van der Waals surface area (Å²) in [5.41, 5.74) is 1.85. The second-order valence-corrected chi connectivity index (χ2v) is 6.15. The van der Waals surface area contributed by atoms with E-state index in [4.69, 9.17) is 9.88 Å². The van der Waals surface area contributed by atoms with Crippen LogP contribution >= 0.6 is 0 Å². The largest absolute Gasteiger partial charge is 0.462 e. The SMILES string of the molecule is CCOC(=O)c1cc(C)nc(-c2c(S(N)(=O)=O)n[nH]c2C)c1. The maximum absolute atomic E-state index is 11.9. The van der Waals surface area contributed by atoms with Crippen LogP contribution in [0, 0.1) is 13.8 Å². The van der Waals surface area contributed by atoms with Crippen molar-refractivity contribution < 1.29 is 17.9 Å². The molecule has 9 heteroatoms. The summed E-state index contributed by atoms with van der Waals surface area (Å²) in [6, 6.07) is 3.02. The van der Waals surface area contributed by atoms with Gasteiger partial charge in [-0.1, -0.05) is 0 Å². The third-order valence-electron chi connectivity index (χ3n) is 2.90. The van der Waals surface area contributed by atoms with Gasteiger partial charge in [-0.15, -0.1) is 0 Å². The van der Waals surface area contributed by atoms with E-state index in [-0.39, 0.29) is 22.8 Å². The Bertz CT molecular complexity index is 827. The van der Waals surface area contributed by atoms with Crippen LogP contribution in [0.4, 0.5) is 0 Å². The first-order valence-electron chi connectivity index (χ1n) is 6.48. The lowest BCUT2D eigenvalue weighted by molar-refractivity contribution is 0.0526. The van der Waals surface area contributed by atoms with E-state index in [9.17, 15) is 13.2 Å². The van der Waals surface area contributed by atoms with Crippen LogP contribution in [-0.4, -0.2) is 36.2 Å². The second kappa shape index (κ2) is 5.85. The molecule has 0 radical (unpaired) electrons. The number of sulfonamides is 1. The van der Waals surface area contributed by atoms with Gasteiger partial charge in [0.15, 0.2) is 0 Å². The van der Waals surface area contributed by atoms with E-state index in [1.54, 1.807) is 26.8 Å². The smallest absolute Gasteiger partial charge is 0.338 e. The molecule has 0 fully saturated rings. The van der Waals surface area contributed by atoms with E-state index in [1.165, 1.54) is 6.07 Å². The third kappa shape index (κ3) is 3.15. The molecule has 0 aliphatic heterocycles. The van der Waals surface area contributed by atoms with Gasteiger partial charge in [0.05, 0.1) is 23.4 Å². The van der Waals surface area contributed by atoms with E-state index in [0.717, 1.165) is 0 Å². The zero-order valence-electron chi connectivity index (χ0n) is 12.4. The molecule has 0 aliphatic carbocycles. The number of ether oxygens (including phenoxy) is 1. The number of aromatic nitrogens is 3. The molecule has 0 bridgehead atoms. The van der Waals surface area contributed by atoms with Crippen LogP contribution in [0.25, 0.3) is 11.3 Å². The Morgan fingerprint density at radius 2 is 2.05 bits per heavy atom. The summed E-state index contributed by atoms with van der Waals surface area (Å²) in [6.07, 6.45) is 0. The molecule has 3 N–H and O–H groups in total. The van der Waals surface area contributed by atoms with Crippen LogP contribution in [0.5, 0.6) is 0 Å². The first kappa shape index (κ1) is 16.1. The monoisotopic (exact) mass is 324 g/mol. The average Bonchev–Trinajstić information content (AvgIpc) is 2.80. The molecular weight excluding hydrogens is 308 g/mol. The molecule has 0 saturated heterocycles. The zero-order chi connectivity index (χ0) is 16.5. The number of nitrogens with two attached hydrogens (primary N) is 1. The van der Waals surface area contributed by atoms with Crippen LogP contribution < -0.4 is 5.14 Å². The summed E-state index contributed by atoms with van der Waals surface area (Å²) in [4.78, 5) is 16.1. The van der Waals surface area contributed by atoms with Gasteiger partial charge in [-0.3, -0.25) is 10.1 Å². The summed E-state index contributed by atoms with van der Waals surface area (Å²) in [5.74, 6) is -0.507. The van der Waals surface area contributed by atoms with Crippen molar-refractivity contribution in [1.29, 1.82) is 0 Å². The summed E-state index contributed by atoms with van der Waals surface area (Å²) in [5, 5.41) is 11.1. The van der Waals surface area contributed by atoms with Crippen LogP contribution in [0.15, 0.2) is 17.2 Å². The van der Waals surface area contributed by atoms with E-state index < -0.39 is 16.0 Å². The molecule has 0 unspecified atom stereocenters. The average molecular weight is 324 g/mol. The molecule has 8 nitrogen and oxygen atoms in total. The number of esters is 1. The van der Waals surface area contributed by atoms with E-state index in [1.807, 2.05) is 0 Å². The topological polar surface area (TPSA) is 128 Å². The van der Waals surface area contributed by atoms with Crippen LogP contribution in [0.1, 0.15) is 28.7 Å². The van der Waals surface area contributed by atoms with Gasteiger partial charge in [0.2, 0.25) is 5.03 Å². The molecule has 22 heavy (non-hydrogen) atoms. The van der Waals surface area contributed by atoms with E-state index >= 15 is 0 Å². The molecule has 118 valence electrons. The summed E-state index contributed by atoms with van der Waals surface area (Å²) >= 11 is 0. The minimum Gasteiger partial charge on any atom is -0.462 e. The first-order valence-corrected chi connectivity index (χ1v) is 8.02. The molecule has 2 aromatic heterocycles. The predicted octanol–water partition coefficient (Wildman–Crippen LogP) is 0.913. The molecule has 2 aromatic rings. The second-order valence-electron chi connectivity index (χ2n) is 4.68. The third-order valence-corrected chi connectivity index (χ3v) is 3.74. The highest BCUT2D eigenvalue weighted by Gasteiger charge is 2.23. The van der Waals surface area contributed by atoms with Gasteiger partial charge >= 0.3 is 5.97 Å². The molecule has 0 atom stereocenters. The van der Waals surface area contributed by atoms with Gasteiger partial charge in [0.25, 0.3) is 10.0 Å². The Balaban J connectivity index is 2.64. The number of pyridine rings is 1. The van der Waals surface area contributed by atoms with Gasteiger partial charge < -0.3 is 4.74 Å². The molecular formula is C13H16N4O4S. The quantitative estimate of drug-likeness (QED) is 0.805. The summed E-state index contributed by atoms with van der Waals surface area (Å²) in [6.45, 7) is 5.28. The van der Waals surface area contributed by atoms with Crippen molar-refractivity contribution in [2.24, 2.45) is 5.14 Å². The number of nitrogens with one attached hydrogen (secondary N) is 1. The minimum atomic E-state index is -4.02. The highest BCUT2D eigenvalue weighted by Crippen LogP contribution is 2.27. The lowest BCUT2D eigenvalue weighted by Gasteiger charge is -2.07. The Hall–Kier alpha value is -2.26. The van der Waals surface area contributed by atoms with Gasteiger partial charge in [-0.25, -0.2) is 18.4 Å². The number of aryl methyl sites for hydroxylation is 2. The van der Waals surface area contributed by atoms with Crippen LogP contribution in [-0.2, 0) is 14.8 Å². The van der Waals surface area contributed by atoms with E-state index in [2.05, 4.69) is 15.2 Å². The molecule has 2 heterocycles. The number of hydrogen-bond donors (Lipinski definition) is 2. The number of primary sulfonamides is 1. The highest BCUT2D eigenvalue weighted by molar-refractivity contribution is 7.89. The predicted molar refractivity (Wildman–Crippen MR) is 78.6 cm³/mol. The number of hydrogen-bond acceptors (Lipinski definition) is 6. The first-order chi connectivity index (χ1) is 10.2. The van der Waals surface area contributed by atoms with Crippen molar-refractivity contribution in [3.05, 3.63) is 29.1 Å². The molecule has 0 spiro atoms. The van der Waals surface area contributed by atoms with Gasteiger partial charge in [-0.2, -0.15) is 5.10 Å². The Kier molecular flexibility index (Phi) is 4.29.